The molecular formula is C16H23N3O2. The number of likely N-dealkylation sites (N-methyl/N-ethyl adjacent to an activating group) is 1. The summed E-state index contributed by atoms with van der Waals surface area (Å²) in [4.78, 5) is 25.2. The van der Waals surface area contributed by atoms with Gasteiger partial charge < -0.3 is 15.5 Å². The quantitative estimate of drug-likeness (QED) is 0.827. The molecular weight excluding hydrogens is 266 g/mol. The molecule has 1 aliphatic rings. The van der Waals surface area contributed by atoms with Crippen molar-refractivity contribution in [3.63, 3.8) is 0 Å². The highest BCUT2D eigenvalue weighted by atomic mass is 16.2. The molecule has 5 heteroatoms. The summed E-state index contributed by atoms with van der Waals surface area (Å²) in [6, 6.07) is 7.98. The van der Waals surface area contributed by atoms with Crippen LogP contribution in [0, 0.1) is 6.92 Å². The molecule has 1 unspecified atom stereocenters. The number of aryl methyl sites for hydroxylation is 1. The van der Waals surface area contributed by atoms with Gasteiger partial charge in [0, 0.05) is 31.7 Å². The summed E-state index contributed by atoms with van der Waals surface area (Å²) in [6.45, 7) is 6.39. The Kier molecular flexibility index (Phi) is 5.20. The van der Waals surface area contributed by atoms with Crippen molar-refractivity contribution in [1.29, 1.82) is 0 Å². The van der Waals surface area contributed by atoms with Gasteiger partial charge >= 0.3 is 0 Å². The van der Waals surface area contributed by atoms with Crippen molar-refractivity contribution in [2.75, 3.05) is 24.5 Å². The van der Waals surface area contributed by atoms with Crippen LogP contribution in [0.1, 0.15) is 25.3 Å². The van der Waals surface area contributed by atoms with Crippen LogP contribution in [-0.4, -0.2) is 37.5 Å². The predicted molar refractivity (Wildman–Crippen MR) is 83.2 cm³/mol. The summed E-state index contributed by atoms with van der Waals surface area (Å²) in [5, 5.41) is 5.58. The van der Waals surface area contributed by atoms with Crippen molar-refractivity contribution in [3.8, 4) is 0 Å². The third-order valence-corrected chi connectivity index (χ3v) is 3.74. The standard InChI is InChI=1S/C16H23N3O2/c1-3-19(13-6-4-5-12(2)11-13)10-9-17-16(21)14-7-8-15(20)18-14/h4-6,11,14H,3,7-10H2,1-2H3,(H,17,21)(H,18,20). The molecule has 21 heavy (non-hydrogen) atoms. The molecule has 5 nitrogen and oxygen atoms in total. The molecule has 1 aromatic rings. The van der Waals surface area contributed by atoms with Gasteiger partial charge in [-0.2, -0.15) is 0 Å². The van der Waals surface area contributed by atoms with E-state index in [9.17, 15) is 9.59 Å². The van der Waals surface area contributed by atoms with E-state index in [1.54, 1.807) is 0 Å². The molecule has 0 aromatic heterocycles. The van der Waals surface area contributed by atoms with E-state index in [0.717, 1.165) is 13.1 Å². The number of carbonyl (C=O) groups excluding carboxylic acids is 2. The summed E-state index contributed by atoms with van der Waals surface area (Å²) < 4.78 is 0. The van der Waals surface area contributed by atoms with E-state index in [1.807, 2.05) is 6.07 Å². The molecule has 1 aromatic carbocycles. The lowest BCUT2D eigenvalue weighted by Crippen LogP contribution is -2.44. The van der Waals surface area contributed by atoms with Gasteiger partial charge in [-0.05, 0) is 38.0 Å². The van der Waals surface area contributed by atoms with Crippen LogP contribution in [0.25, 0.3) is 0 Å². The van der Waals surface area contributed by atoms with E-state index in [1.165, 1.54) is 11.3 Å². The second-order valence-electron chi connectivity index (χ2n) is 5.37. The highest BCUT2D eigenvalue weighted by Crippen LogP contribution is 2.15. The third-order valence-electron chi connectivity index (χ3n) is 3.74. The molecule has 114 valence electrons. The monoisotopic (exact) mass is 289 g/mol. The number of carbonyl (C=O) groups is 2. The van der Waals surface area contributed by atoms with Gasteiger partial charge in [-0.15, -0.1) is 0 Å². The van der Waals surface area contributed by atoms with Crippen LogP contribution in [0.5, 0.6) is 0 Å². The molecule has 2 N–H and O–H groups in total. The van der Waals surface area contributed by atoms with Gasteiger partial charge in [0.1, 0.15) is 6.04 Å². The van der Waals surface area contributed by atoms with E-state index in [4.69, 9.17) is 0 Å². The van der Waals surface area contributed by atoms with Gasteiger partial charge in [-0.1, -0.05) is 12.1 Å². The van der Waals surface area contributed by atoms with Crippen molar-refractivity contribution in [3.05, 3.63) is 29.8 Å². The average molecular weight is 289 g/mol. The van der Waals surface area contributed by atoms with Gasteiger partial charge in [0.15, 0.2) is 0 Å². The summed E-state index contributed by atoms with van der Waals surface area (Å²) in [5.74, 6) is -0.119. The van der Waals surface area contributed by atoms with Crippen LogP contribution in [0.2, 0.25) is 0 Å². The fraction of sp³-hybridized carbons (Fsp3) is 0.500. The van der Waals surface area contributed by atoms with Crippen LogP contribution in [0.3, 0.4) is 0 Å². The molecule has 0 radical (unpaired) electrons. The van der Waals surface area contributed by atoms with E-state index in [0.29, 0.717) is 19.4 Å². The Labute approximate surface area is 125 Å². The fourth-order valence-corrected chi connectivity index (χ4v) is 2.54. The Morgan fingerprint density at radius 2 is 2.29 bits per heavy atom. The smallest absolute Gasteiger partial charge is 0.242 e. The van der Waals surface area contributed by atoms with E-state index < -0.39 is 0 Å². The zero-order valence-corrected chi connectivity index (χ0v) is 12.7. The van der Waals surface area contributed by atoms with Crippen molar-refractivity contribution in [2.45, 2.75) is 32.7 Å². The van der Waals surface area contributed by atoms with Crippen molar-refractivity contribution in [1.82, 2.24) is 10.6 Å². The average Bonchev–Trinajstić information content (AvgIpc) is 2.90. The number of amides is 2. The SMILES string of the molecule is CCN(CCNC(=O)C1CCC(=O)N1)c1cccc(C)c1. The van der Waals surface area contributed by atoms with Crippen LogP contribution in [-0.2, 0) is 9.59 Å². The van der Waals surface area contributed by atoms with Crippen LogP contribution in [0.15, 0.2) is 24.3 Å². The molecule has 1 saturated heterocycles. The number of rotatable bonds is 6. The minimum absolute atomic E-state index is 0.0369. The molecule has 1 aliphatic heterocycles. The largest absolute Gasteiger partial charge is 0.370 e. The highest BCUT2D eigenvalue weighted by molar-refractivity contribution is 5.90. The first-order valence-electron chi connectivity index (χ1n) is 7.49. The molecule has 1 atom stereocenters. The van der Waals surface area contributed by atoms with Crippen LogP contribution in [0.4, 0.5) is 5.69 Å². The van der Waals surface area contributed by atoms with E-state index in [2.05, 4.69) is 47.6 Å². The normalized spacial score (nSPS) is 17.4. The zero-order chi connectivity index (χ0) is 15.2. The Morgan fingerprint density at radius 1 is 1.48 bits per heavy atom. The topological polar surface area (TPSA) is 61.4 Å². The lowest BCUT2D eigenvalue weighted by atomic mass is 10.2. The second kappa shape index (κ2) is 7.11. The molecule has 0 aliphatic carbocycles. The maximum Gasteiger partial charge on any atom is 0.242 e. The fourth-order valence-electron chi connectivity index (χ4n) is 2.54. The minimum atomic E-state index is -0.355. The summed E-state index contributed by atoms with van der Waals surface area (Å²) in [6.07, 6.45) is 1.04. The van der Waals surface area contributed by atoms with Crippen molar-refractivity contribution >= 4 is 17.5 Å². The lowest BCUT2D eigenvalue weighted by Gasteiger charge is -2.24. The number of hydrogen-bond donors (Lipinski definition) is 2. The number of nitrogens with one attached hydrogen (secondary N) is 2. The van der Waals surface area contributed by atoms with Crippen molar-refractivity contribution in [2.24, 2.45) is 0 Å². The van der Waals surface area contributed by atoms with Crippen molar-refractivity contribution < 1.29 is 9.59 Å². The van der Waals surface area contributed by atoms with Gasteiger partial charge in [-0.25, -0.2) is 0 Å². The summed E-state index contributed by atoms with van der Waals surface area (Å²) in [7, 11) is 0. The highest BCUT2D eigenvalue weighted by Gasteiger charge is 2.26. The maximum atomic E-state index is 11.9. The number of nitrogens with zero attached hydrogens (tertiary/aromatic N) is 1. The van der Waals surface area contributed by atoms with Gasteiger partial charge in [0.2, 0.25) is 11.8 Å². The van der Waals surface area contributed by atoms with E-state index >= 15 is 0 Å². The second-order valence-corrected chi connectivity index (χ2v) is 5.37. The minimum Gasteiger partial charge on any atom is -0.370 e. The van der Waals surface area contributed by atoms with E-state index in [-0.39, 0.29) is 17.9 Å². The first-order chi connectivity index (χ1) is 10.1. The molecule has 1 fully saturated rings. The first-order valence-corrected chi connectivity index (χ1v) is 7.49. The Hall–Kier alpha value is -2.04. The molecule has 0 bridgehead atoms. The van der Waals surface area contributed by atoms with Gasteiger partial charge in [-0.3, -0.25) is 9.59 Å². The Bertz CT molecular complexity index is 516. The first kappa shape index (κ1) is 15.4. The van der Waals surface area contributed by atoms with Crippen LogP contribution >= 0.6 is 0 Å². The third kappa shape index (κ3) is 4.21. The van der Waals surface area contributed by atoms with Gasteiger partial charge in [0.25, 0.3) is 0 Å². The molecule has 0 spiro atoms. The molecule has 1 heterocycles. The summed E-state index contributed by atoms with van der Waals surface area (Å²) >= 11 is 0. The number of hydrogen-bond acceptors (Lipinski definition) is 3. The lowest BCUT2D eigenvalue weighted by molar-refractivity contribution is -0.125. The molecule has 0 saturated carbocycles. The molecule has 2 amide bonds. The number of anilines is 1. The Balaban J connectivity index is 1.81. The predicted octanol–water partition coefficient (Wildman–Crippen LogP) is 1.22. The zero-order valence-electron chi connectivity index (χ0n) is 12.7. The van der Waals surface area contributed by atoms with Gasteiger partial charge in [0.05, 0.1) is 0 Å². The maximum absolute atomic E-state index is 11.9. The number of benzene rings is 1. The van der Waals surface area contributed by atoms with Crippen LogP contribution < -0.4 is 15.5 Å². The Morgan fingerprint density at radius 3 is 2.90 bits per heavy atom. The molecule has 2 rings (SSSR count). The summed E-state index contributed by atoms with van der Waals surface area (Å²) in [5.41, 5.74) is 2.39.